The second-order valence-corrected chi connectivity index (χ2v) is 17.7. The monoisotopic (exact) mass is 681 g/mol. The van der Waals surface area contributed by atoms with Crippen LogP contribution >= 0.6 is 15.9 Å². The number of hydrogen-bond donors (Lipinski definition) is 2. The highest BCUT2D eigenvalue weighted by Gasteiger charge is 2.66. The number of nitrogens with zero attached hydrogens (tertiary/aromatic N) is 5. The maximum atomic E-state index is 14.7. The first-order chi connectivity index (χ1) is 21.0. The minimum absolute atomic E-state index is 0.00505. The van der Waals surface area contributed by atoms with Gasteiger partial charge in [-0.3, -0.25) is 14.3 Å². The fourth-order valence-corrected chi connectivity index (χ4v) is 10.5. The number of rotatable bonds is 9. The molecule has 2 saturated heterocycles. The Balaban J connectivity index is 1.32. The number of hydrogen-bond acceptors (Lipinski definition) is 7. The van der Waals surface area contributed by atoms with Gasteiger partial charge in [0.15, 0.2) is 13.9 Å². The molecule has 0 unspecified atom stereocenters. The summed E-state index contributed by atoms with van der Waals surface area (Å²) in [6.45, 7) is 7.44. The molecule has 1 spiro atoms. The minimum Gasteiger partial charge on any atom is -0.432 e. The first-order valence-corrected chi connectivity index (χ1v) is 19.3. The van der Waals surface area contributed by atoms with Crippen molar-refractivity contribution in [3.63, 3.8) is 0 Å². The number of aryl methyl sites for hydroxylation is 1. The number of anilines is 2. The van der Waals surface area contributed by atoms with Gasteiger partial charge in [0.25, 0.3) is 5.91 Å². The van der Waals surface area contributed by atoms with Crippen LogP contribution in [0.25, 0.3) is 0 Å². The zero-order valence-corrected chi connectivity index (χ0v) is 28.0. The normalized spacial score (nSPS) is 25.4. The number of ether oxygens (including phenoxy) is 1. The Bertz CT molecular complexity index is 1560. The molecule has 3 aromatic rings. The van der Waals surface area contributed by atoms with Gasteiger partial charge in [0.2, 0.25) is 5.91 Å². The second kappa shape index (κ2) is 12.1. The Morgan fingerprint density at radius 3 is 2.73 bits per heavy atom. The number of aliphatic hydroxyl groups is 1. The van der Waals surface area contributed by atoms with Gasteiger partial charge in [-0.2, -0.15) is 0 Å². The summed E-state index contributed by atoms with van der Waals surface area (Å²) in [5, 5.41) is 17.6. The number of aliphatic hydroxyl groups excluding tert-OH is 1. The molecular weight excluding hydrogens is 642 g/mol. The van der Waals surface area contributed by atoms with Crippen molar-refractivity contribution in [2.45, 2.75) is 82.5 Å². The van der Waals surface area contributed by atoms with Gasteiger partial charge in [0.1, 0.15) is 0 Å². The van der Waals surface area contributed by atoms with Crippen molar-refractivity contribution in [1.29, 1.82) is 0 Å². The summed E-state index contributed by atoms with van der Waals surface area (Å²) >= 11 is 3.63. The third-order valence-corrected chi connectivity index (χ3v) is 12.4. The number of aromatic nitrogens is 3. The molecule has 12 heteroatoms. The maximum absolute atomic E-state index is 14.7. The molecule has 4 atom stereocenters. The standard InChI is InChI=1S/C32H40BrN5O5Si/c1-21-30(44(2,3)42)28(12-15-36-20-24(13-16-39)34-35-36)43-32(21)26-18-23(33)10-11-27(26)38(31(32)41)19-22-7-6-8-25(17-22)37-14-5-4-9-29(37)40/h6-8,10-11,17-18,20-21,28,30,39,42H,4-5,9,12-16,19H2,1-3H3/t21-,28+,30-,32+/m1/s1. The van der Waals surface area contributed by atoms with Gasteiger partial charge >= 0.3 is 0 Å². The van der Waals surface area contributed by atoms with E-state index in [0.29, 0.717) is 44.6 Å². The molecular formula is C32H40BrN5O5Si. The van der Waals surface area contributed by atoms with Crippen molar-refractivity contribution in [2.75, 3.05) is 23.0 Å². The molecule has 3 aliphatic rings. The average Bonchev–Trinajstić information content (AvgIpc) is 3.62. The highest BCUT2D eigenvalue weighted by atomic mass is 79.9. The quantitative estimate of drug-likeness (QED) is 0.319. The number of halogens is 1. The fraction of sp³-hybridized carbons (Fsp3) is 0.500. The third kappa shape index (κ3) is 5.55. The summed E-state index contributed by atoms with van der Waals surface area (Å²) in [6.07, 6.45) is 4.90. The molecule has 0 aliphatic carbocycles. The lowest BCUT2D eigenvalue weighted by molar-refractivity contribution is -0.146. The van der Waals surface area contributed by atoms with Crippen LogP contribution in [0.2, 0.25) is 18.6 Å². The van der Waals surface area contributed by atoms with Gasteiger partial charge in [0.05, 0.1) is 24.0 Å². The van der Waals surface area contributed by atoms with Gasteiger partial charge in [0, 0.05) is 65.9 Å². The van der Waals surface area contributed by atoms with Gasteiger partial charge in [-0.05, 0) is 68.3 Å². The predicted octanol–water partition coefficient (Wildman–Crippen LogP) is 4.53. The van der Waals surface area contributed by atoms with E-state index in [-0.39, 0.29) is 36.0 Å². The van der Waals surface area contributed by atoms with E-state index in [2.05, 4.69) is 26.2 Å². The lowest BCUT2D eigenvalue weighted by Gasteiger charge is -2.32. The highest BCUT2D eigenvalue weighted by molar-refractivity contribution is 9.10. The van der Waals surface area contributed by atoms with Crippen LogP contribution in [-0.4, -0.2) is 64.3 Å². The van der Waals surface area contributed by atoms with Crippen molar-refractivity contribution >= 4 is 47.4 Å². The number of amides is 2. The van der Waals surface area contributed by atoms with Crippen LogP contribution in [0.15, 0.2) is 53.1 Å². The zero-order valence-electron chi connectivity index (χ0n) is 25.4. The van der Waals surface area contributed by atoms with Crippen LogP contribution in [0, 0.1) is 5.92 Å². The molecule has 2 aromatic carbocycles. The Labute approximate surface area is 267 Å². The number of piperidine rings is 1. The molecule has 2 amide bonds. The van der Waals surface area contributed by atoms with Crippen molar-refractivity contribution in [3.05, 3.63) is 70.0 Å². The molecule has 2 fully saturated rings. The SMILES string of the molecule is C[C@@H]1[C@@H]([Si](C)(C)O)[C@H](CCn2cc(CCO)nn2)O[C@@]12C(=O)N(Cc1cccc(N3CCCCC3=O)c1)c1ccc(Br)cc12. The number of carbonyl (C=O) groups is 2. The van der Waals surface area contributed by atoms with E-state index in [1.807, 2.05) is 73.6 Å². The van der Waals surface area contributed by atoms with Crippen LogP contribution < -0.4 is 9.80 Å². The molecule has 3 aliphatic heterocycles. The van der Waals surface area contributed by atoms with E-state index in [0.717, 1.165) is 39.8 Å². The van der Waals surface area contributed by atoms with Crippen molar-refractivity contribution in [2.24, 2.45) is 5.92 Å². The maximum Gasteiger partial charge on any atom is 0.264 e. The molecule has 0 saturated carbocycles. The summed E-state index contributed by atoms with van der Waals surface area (Å²) in [6, 6.07) is 13.8. The summed E-state index contributed by atoms with van der Waals surface area (Å²) in [5.74, 6) is -0.270. The molecule has 234 valence electrons. The number of carbonyl (C=O) groups excluding carboxylic acids is 2. The van der Waals surface area contributed by atoms with Gasteiger partial charge in [-0.25, -0.2) is 0 Å². The van der Waals surface area contributed by atoms with Gasteiger partial charge in [-0.1, -0.05) is 40.2 Å². The second-order valence-electron chi connectivity index (χ2n) is 12.8. The van der Waals surface area contributed by atoms with E-state index < -0.39 is 13.9 Å². The summed E-state index contributed by atoms with van der Waals surface area (Å²) in [7, 11) is -2.81. The van der Waals surface area contributed by atoms with E-state index in [1.165, 1.54) is 0 Å². The number of fused-ring (bicyclic) bond motifs is 2. The van der Waals surface area contributed by atoms with Crippen LogP contribution in [0.3, 0.4) is 0 Å². The van der Waals surface area contributed by atoms with Gasteiger partial charge < -0.3 is 24.4 Å². The van der Waals surface area contributed by atoms with E-state index in [4.69, 9.17) is 4.74 Å². The Kier molecular flexibility index (Phi) is 8.57. The van der Waals surface area contributed by atoms with Crippen molar-refractivity contribution < 1.29 is 24.2 Å². The molecule has 10 nitrogen and oxygen atoms in total. The topological polar surface area (TPSA) is 121 Å². The van der Waals surface area contributed by atoms with E-state index >= 15 is 0 Å². The zero-order chi connectivity index (χ0) is 31.2. The molecule has 2 N–H and O–H groups in total. The van der Waals surface area contributed by atoms with Crippen LogP contribution in [0.5, 0.6) is 0 Å². The minimum atomic E-state index is -2.81. The van der Waals surface area contributed by atoms with Gasteiger partial charge in [-0.15, -0.1) is 5.10 Å². The Morgan fingerprint density at radius 1 is 1.16 bits per heavy atom. The Morgan fingerprint density at radius 2 is 1.98 bits per heavy atom. The van der Waals surface area contributed by atoms with Crippen LogP contribution in [0.1, 0.15) is 49.4 Å². The smallest absolute Gasteiger partial charge is 0.264 e. The average molecular weight is 683 g/mol. The summed E-state index contributed by atoms with van der Waals surface area (Å²) in [5.41, 5.74) is 2.67. The van der Waals surface area contributed by atoms with Crippen LogP contribution in [0.4, 0.5) is 11.4 Å². The summed E-state index contributed by atoms with van der Waals surface area (Å²) in [4.78, 5) is 42.6. The largest absolute Gasteiger partial charge is 0.432 e. The van der Waals surface area contributed by atoms with Crippen molar-refractivity contribution in [1.82, 2.24) is 15.0 Å². The lowest BCUT2D eigenvalue weighted by Crippen LogP contribution is -2.46. The first kappa shape index (κ1) is 31.1. The molecule has 0 bridgehead atoms. The molecule has 0 radical (unpaired) electrons. The lowest BCUT2D eigenvalue weighted by atomic mass is 9.82. The molecule has 6 rings (SSSR count). The Hall–Kier alpha value is -2.90. The third-order valence-electron chi connectivity index (χ3n) is 9.43. The molecule has 44 heavy (non-hydrogen) atoms. The summed E-state index contributed by atoms with van der Waals surface area (Å²) < 4.78 is 9.53. The first-order valence-electron chi connectivity index (χ1n) is 15.4. The van der Waals surface area contributed by atoms with Crippen molar-refractivity contribution in [3.8, 4) is 0 Å². The molecule has 1 aromatic heterocycles. The van der Waals surface area contributed by atoms with E-state index in [9.17, 15) is 19.5 Å². The van der Waals surface area contributed by atoms with Crippen LogP contribution in [-0.2, 0) is 39.4 Å². The number of benzene rings is 2. The highest BCUT2D eigenvalue weighted by Crippen LogP contribution is 2.60. The fourth-order valence-electron chi connectivity index (χ4n) is 7.50. The predicted molar refractivity (Wildman–Crippen MR) is 173 cm³/mol. The molecule has 4 heterocycles. The van der Waals surface area contributed by atoms with E-state index in [1.54, 1.807) is 9.58 Å².